The molecule has 0 aliphatic rings. The van der Waals surface area contributed by atoms with Crippen molar-refractivity contribution in [3.05, 3.63) is 36.4 Å². The maximum atomic E-state index is 12.3. The molecule has 7 nitrogen and oxygen atoms in total. The lowest BCUT2D eigenvalue weighted by Gasteiger charge is -2.14. The minimum Gasteiger partial charge on any atom is -0.404 e. The highest BCUT2D eigenvalue weighted by Gasteiger charge is 2.32. The standard InChI is InChI=1S/C12H13F3N6O/c1-21-7-18-20-10(21)6-17-11(16)19-8-4-2-3-5-9(8)22-12(13,14)15/h2-5,7H,6H2,1H3,(H3,16,17,19). The first kappa shape index (κ1) is 15.6. The largest absolute Gasteiger partial charge is 0.573 e. The summed E-state index contributed by atoms with van der Waals surface area (Å²) in [6.45, 7) is 0.137. The van der Waals surface area contributed by atoms with Gasteiger partial charge in [0.1, 0.15) is 12.9 Å². The Morgan fingerprint density at radius 3 is 2.77 bits per heavy atom. The molecular formula is C12H13F3N6O. The number of para-hydroxylation sites is 2. The van der Waals surface area contributed by atoms with Gasteiger partial charge in [-0.15, -0.1) is 23.4 Å². The van der Waals surface area contributed by atoms with Gasteiger partial charge in [-0.3, -0.25) is 0 Å². The van der Waals surface area contributed by atoms with Gasteiger partial charge >= 0.3 is 6.36 Å². The molecular weight excluding hydrogens is 301 g/mol. The van der Waals surface area contributed by atoms with Gasteiger partial charge in [0.2, 0.25) is 0 Å². The van der Waals surface area contributed by atoms with Gasteiger partial charge in [-0.1, -0.05) is 12.1 Å². The number of alkyl halides is 3. The molecule has 1 aromatic heterocycles. The molecule has 0 fully saturated rings. The lowest BCUT2D eigenvalue weighted by Crippen LogP contribution is -2.24. The monoisotopic (exact) mass is 314 g/mol. The molecule has 22 heavy (non-hydrogen) atoms. The fourth-order valence-electron chi connectivity index (χ4n) is 1.57. The Morgan fingerprint density at radius 1 is 1.41 bits per heavy atom. The van der Waals surface area contributed by atoms with Crippen LogP contribution in [0.25, 0.3) is 0 Å². The number of ether oxygens (including phenoxy) is 1. The highest BCUT2D eigenvalue weighted by Crippen LogP contribution is 2.29. The van der Waals surface area contributed by atoms with Crippen LogP contribution in [-0.2, 0) is 13.6 Å². The van der Waals surface area contributed by atoms with Crippen molar-refractivity contribution in [1.29, 1.82) is 0 Å². The van der Waals surface area contributed by atoms with E-state index in [1.165, 1.54) is 24.5 Å². The molecule has 1 aromatic carbocycles. The predicted molar refractivity (Wildman–Crippen MR) is 73.1 cm³/mol. The zero-order valence-electron chi connectivity index (χ0n) is 11.5. The second kappa shape index (κ2) is 6.33. The van der Waals surface area contributed by atoms with Gasteiger partial charge in [0, 0.05) is 7.05 Å². The van der Waals surface area contributed by atoms with Crippen LogP contribution < -0.4 is 15.8 Å². The number of hydrogen-bond acceptors (Lipinski definition) is 4. The first-order chi connectivity index (χ1) is 10.3. The summed E-state index contributed by atoms with van der Waals surface area (Å²) in [6, 6.07) is 5.53. The van der Waals surface area contributed by atoms with Crippen molar-refractivity contribution in [3.8, 4) is 5.75 Å². The summed E-state index contributed by atoms with van der Waals surface area (Å²) in [5.74, 6) is 0.0950. The van der Waals surface area contributed by atoms with Crippen LogP contribution in [0, 0.1) is 0 Å². The molecule has 0 unspecified atom stereocenters. The summed E-state index contributed by atoms with van der Waals surface area (Å²) < 4.78 is 42.5. The molecule has 0 amide bonds. The molecule has 0 saturated heterocycles. The van der Waals surface area contributed by atoms with E-state index < -0.39 is 12.1 Å². The number of nitrogens with two attached hydrogens (primary N) is 1. The molecule has 0 aliphatic heterocycles. The van der Waals surface area contributed by atoms with E-state index in [0.29, 0.717) is 5.82 Å². The molecule has 0 spiro atoms. The number of rotatable bonds is 4. The van der Waals surface area contributed by atoms with Crippen molar-refractivity contribution in [2.24, 2.45) is 17.8 Å². The van der Waals surface area contributed by atoms with Crippen molar-refractivity contribution in [2.45, 2.75) is 12.9 Å². The fraction of sp³-hybridized carbons (Fsp3) is 0.250. The van der Waals surface area contributed by atoms with Crippen LogP contribution in [0.15, 0.2) is 35.6 Å². The molecule has 118 valence electrons. The van der Waals surface area contributed by atoms with Gasteiger partial charge in [-0.25, -0.2) is 4.99 Å². The Labute approximate surface area is 123 Å². The van der Waals surface area contributed by atoms with E-state index in [4.69, 9.17) is 5.73 Å². The van der Waals surface area contributed by atoms with E-state index in [9.17, 15) is 13.2 Å². The van der Waals surface area contributed by atoms with Crippen LogP contribution in [0.3, 0.4) is 0 Å². The smallest absolute Gasteiger partial charge is 0.404 e. The number of hydrogen-bond donors (Lipinski definition) is 2. The van der Waals surface area contributed by atoms with Gasteiger partial charge in [-0.05, 0) is 12.1 Å². The first-order valence-corrected chi connectivity index (χ1v) is 6.10. The van der Waals surface area contributed by atoms with Crippen LogP contribution in [-0.4, -0.2) is 27.1 Å². The lowest BCUT2D eigenvalue weighted by atomic mass is 10.3. The Kier molecular flexibility index (Phi) is 4.49. The molecule has 0 aliphatic carbocycles. The number of aliphatic imine (C=N–C) groups is 1. The second-order valence-electron chi connectivity index (χ2n) is 4.23. The van der Waals surface area contributed by atoms with Crippen molar-refractivity contribution >= 4 is 11.6 Å². The van der Waals surface area contributed by atoms with Crippen LogP contribution in [0.4, 0.5) is 18.9 Å². The van der Waals surface area contributed by atoms with Crippen molar-refractivity contribution in [3.63, 3.8) is 0 Å². The van der Waals surface area contributed by atoms with Crippen LogP contribution in [0.5, 0.6) is 5.75 Å². The number of halogens is 3. The second-order valence-corrected chi connectivity index (χ2v) is 4.23. The highest BCUT2D eigenvalue weighted by atomic mass is 19.4. The quantitative estimate of drug-likeness (QED) is 0.661. The fourth-order valence-corrected chi connectivity index (χ4v) is 1.57. The number of nitrogens with zero attached hydrogens (tertiary/aromatic N) is 4. The van der Waals surface area contributed by atoms with Gasteiger partial charge in [0.05, 0.1) is 5.69 Å². The number of aromatic nitrogens is 3. The summed E-state index contributed by atoms with van der Waals surface area (Å²) in [5, 5.41) is 10.0. The Bertz CT molecular complexity index is 667. The maximum absolute atomic E-state index is 12.3. The molecule has 1 heterocycles. The molecule has 10 heteroatoms. The van der Waals surface area contributed by atoms with Gasteiger partial charge in [0.25, 0.3) is 0 Å². The van der Waals surface area contributed by atoms with Crippen molar-refractivity contribution in [2.75, 3.05) is 5.32 Å². The summed E-state index contributed by atoms with van der Waals surface area (Å²) in [7, 11) is 1.74. The van der Waals surface area contributed by atoms with E-state index in [2.05, 4.69) is 25.2 Å². The van der Waals surface area contributed by atoms with E-state index in [-0.39, 0.29) is 18.2 Å². The zero-order valence-corrected chi connectivity index (χ0v) is 11.5. The average Bonchev–Trinajstić information content (AvgIpc) is 2.83. The number of guanidine groups is 1. The number of nitrogens with one attached hydrogen (secondary N) is 1. The molecule has 0 atom stereocenters. The SMILES string of the molecule is Cn1cnnc1CN=C(N)Nc1ccccc1OC(F)(F)F. The van der Waals surface area contributed by atoms with Gasteiger partial charge in [-0.2, -0.15) is 0 Å². The topological polar surface area (TPSA) is 90.4 Å². The molecule has 0 radical (unpaired) electrons. The van der Waals surface area contributed by atoms with Crippen molar-refractivity contribution in [1.82, 2.24) is 14.8 Å². The van der Waals surface area contributed by atoms with E-state index >= 15 is 0 Å². The minimum atomic E-state index is -4.79. The van der Waals surface area contributed by atoms with Crippen LogP contribution >= 0.6 is 0 Å². The van der Waals surface area contributed by atoms with E-state index in [0.717, 1.165) is 0 Å². The maximum Gasteiger partial charge on any atom is 0.573 e. The minimum absolute atomic E-state index is 0.0547. The van der Waals surface area contributed by atoms with Crippen LogP contribution in [0.1, 0.15) is 5.82 Å². The van der Waals surface area contributed by atoms with Crippen molar-refractivity contribution < 1.29 is 17.9 Å². The normalized spacial score (nSPS) is 12.3. The van der Waals surface area contributed by atoms with E-state index in [1.54, 1.807) is 17.7 Å². The Morgan fingerprint density at radius 2 is 2.14 bits per heavy atom. The third kappa shape index (κ3) is 4.36. The summed E-state index contributed by atoms with van der Waals surface area (Å²) in [6.07, 6.45) is -3.29. The summed E-state index contributed by atoms with van der Waals surface area (Å²) >= 11 is 0. The number of anilines is 1. The highest BCUT2D eigenvalue weighted by molar-refractivity contribution is 5.93. The number of benzene rings is 1. The molecule has 0 saturated carbocycles. The zero-order chi connectivity index (χ0) is 16.2. The molecule has 3 N–H and O–H groups in total. The average molecular weight is 314 g/mol. The Balaban J connectivity index is 2.08. The van der Waals surface area contributed by atoms with E-state index in [1.807, 2.05) is 0 Å². The number of aryl methyl sites for hydroxylation is 1. The predicted octanol–water partition coefficient (Wildman–Crippen LogP) is 1.64. The van der Waals surface area contributed by atoms with Gasteiger partial charge < -0.3 is 20.4 Å². The Hall–Kier alpha value is -2.78. The van der Waals surface area contributed by atoms with Gasteiger partial charge in [0.15, 0.2) is 17.5 Å². The molecule has 0 bridgehead atoms. The lowest BCUT2D eigenvalue weighted by molar-refractivity contribution is -0.274. The molecule has 2 rings (SSSR count). The molecule has 2 aromatic rings. The first-order valence-electron chi connectivity index (χ1n) is 6.10. The third-order valence-electron chi connectivity index (χ3n) is 2.57. The van der Waals surface area contributed by atoms with Crippen LogP contribution in [0.2, 0.25) is 0 Å². The summed E-state index contributed by atoms with van der Waals surface area (Å²) in [4.78, 5) is 3.98. The third-order valence-corrected chi connectivity index (χ3v) is 2.57. The summed E-state index contributed by atoms with van der Waals surface area (Å²) in [5.41, 5.74) is 5.70.